The number of aromatic nitrogens is 4. The zero-order valence-electron chi connectivity index (χ0n) is 15.7. The second kappa shape index (κ2) is 7.34. The maximum Gasteiger partial charge on any atom is 0.416 e. The van der Waals surface area contributed by atoms with Gasteiger partial charge in [-0.25, -0.2) is 0 Å². The smallest absolute Gasteiger partial charge is 0.352 e. The third-order valence-corrected chi connectivity index (χ3v) is 5.07. The number of halogens is 3. The second-order valence-corrected chi connectivity index (χ2v) is 7.02. The monoisotopic (exact) mass is 404 g/mol. The highest BCUT2D eigenvalue weighted by atomic mass is 19.4. The molecule has 0 radical (unpaired) electrons. The minimum absolute atomic E-state index is 0.0473. The van der Waals surface area contributed by atoms with Crippen LogP contribution in [-0.4, -0.2) is 56.8 Å². The largest absolute Gasteiger partial charge is 0.416 e. The van der Waals surface area contributed by atoms with Crippen LogP contribution in [-0.2, 0) is 17.4 Å². The highest BCUT2D eigenvalue weighted by Crippen LogP contribution is 2.32. The summed E-state index contributed by atoms with van der Waals surface area (Å²) < 4.78 is 40.8. The van der Waals surface area contributed by atoms with Gasteiger partial charge in [-0.1, -0.05) is 12.1 Å². The lowest BCUT2D eigenvalue weighted by Crippen LogP contribution is -2.49. The molecule has 4 rings (SSSR count). The first-order valence-electron chi connectivity index (χ1n) is 9.18. The number of hydrogen-bond donors (Lipinski definition) is 0. The Morgan fingerprint density at radius 1 is 1.10 bits per heavy atom. The average molecular weight is 404 g/mol. The van der Waals surface area contributed by atoms with Crippen molar-refractivity contribution in [1.29, 1.82) is 0 Å². The van der Waals surface area contributed by atoms with Gasteiger partial charge in [-0.15, -0.1) is 15.3 Å². The Morgan fingerprint density at radius 3 is 2.59 bits per heavy atom. The van der Waals surface area contributed by atoms with Crippen molar-refractivity contribution in [2.24, 2.45) is 0 Å². The molecule has 1 aliphatic rings. The van der Waals surface area contributed by atoms with Crippen molar-refractivity contribution < 1.29 is 18.0 Å². The number of anilines is 1. The Hall–Kier alpha value is -3.17. The van der Waals surface area contributed by atoms with Crippen LogP contribution in [0.1, 0.15) is 16.7 Å². The van der Waals surface area contributed by atoms with Gasteiger partial charge in [-0.3, -0.25) is 4.79 Å². The maximum absolute atomic E-state index is 13.1. The predicted octanol–water partition coefficient (Wildman–Crippen LogP) is 2.34. The molecular formula is C19H19F3N6O. The molecule has 0 spiro atoms. The van der Waals surface area contributed by atoms with Crippen molar-refractivity contribution in [3.05, 3.63) is 53.3 Å². The van der Waals surface area contributed by atoms with Crippen molar-refractivity contribution in [2.45, 2.75) is 19.5 Å². The lowest BCUT2D eigenvalue weighted by molar-refractivity contribution is -0.138. The van der Waals surface area contributed by atoms with Gasteiger partial charge in [-0.05, 0) is 36.2 Å². The van der Waals surface area contributed by atoms with Crippen LogP contribution in [0.15, 0.2) is 36.7 Å². The first-order valence-corrected chi connectivity index (χ1v) is 9.18. The third-order valence-electron chi connectivity index (χ3n) is 5.07. The summed E-state index contributed by atoms with van der Waals surface area (Å²) in [6, 6.07) is 7.74. The quantitative estimate of drug-likeness (QED) is 0.671. The summed E-state index contributed by atoms with van der Waals surface area (Å²) in [6.45, 7) is 3.57. The van der Waals surface area contributed by atoms with E-state index in [4.69, 9.17) is 0 Å². The number of rotatable bonds is 3. The van der Waals surface area contributed by atoms with E-state index in [1.54, 1.807) is 15.5 Å². The molecule has 7 nitrogen and oxygen atoms in total. The first-order chi connectivity index (χ1) is 13.8. The molecule has 2 aromatic heterocycles. The molecule has 1 aromatic carbocycles. The van der Waals surface area contributed by atoms with E-state index in [-0.39, 0.29) is 17.9 Å². The summed E-state index contributed by atoms with van der Waals surface area (Å²) in [5, 5.41) is 12.2. The van der Waals surface area contributed by atoms with Gasteiger partial charge in [0.05, 0.1) is 12.0 Å². The van der Waals surface area contributed by atoms with Crippen molar-refractivity contribution in [3.63, 3.8) is 0 Å². The number of carbonyl (C=O) groups is 1. The summed E-state index contributed by atoms with van der Waals surface area (Å²) in [4.78, 5) is 16.3. The molecule has 0 N–H and O–H groups in total. The molecule has 152 valence electrons. The molecule has 0 aliphatic carbocycles. The maximum atomic E-state index is 13.1. The Kier molecular flexibility index (Phi) is 4.85. The zero-order valence-corrected chi connectivity index (χ0v) is 15.7. The Bertz CT molecular complexity index is 1040. The second-order valence-electron chi connectivity index (χ2n) is 7.02. The van der Waals surface area contributed by atoms with Crippen molar-refractivity contribution in [1.82, 2.24) is 24.7 Å². The molecule has 0 unspecified atom stereocenters. The van der Waals surface area contributed by atoms with Crippen LogP contribution in [0.2, 0.25) is 0 Å². The Balaban J connectivity index is 1.39. The van der Waals surface area contributed by atoms with Gasteiger partial charge >= 0.3 is 6.18 Å². The topological polar surface area (TPSA) is 66.6 Å². The molecule has 1 amide bonds. The van der Waals surface area contributed by atoms with Crippen LogP contribution >= 0.6 is 0 Å². The normalized spacial score (nSPS) is 15.2. The van der Waals surface area contributed by atoms with E-state index in [0.717, 1.165) is 11.9 Å². The fraction of sp³-hybridized carbons (Fsp3) is 0.368. The van der Waals surface area contributed by atoms with Gasteiger partial charge < -0.3 is 9.80 Å². The zero-order chi connectivity index (χ0) is 20.6. The van der Waals surface area contributed by atoms with E-state index in [1.807, 2.05) is 12.1 Å². The van der Waals surface area contributed by atoms with Crippen LogP contribution in [0.4, 0.5) is 19.0 Å². The molecule has 3 heterocycles. The number of amides is 1. The number of benzene rings is 1. The molecule has 29 heavy (non-hydrogen) atoms. The van der Waals surface area contributed by atoms with E-state index in [0.29, 0.717) is 37.4 Å². The van der Waals surface area contributed by atoms with Crippen molar-refractivity contribution in [2.75, 3.05) is 31.1 Å². The molecule has 1 fully saturated rings. The average Bonchev–Trinajstić information content (AvgIpc) is 3.16. The Morgan fingerprint density at radius 2 is 1.86 bits per heavy atom. The molecule has 3 aromatic rings. The molecule has 0 bridgehead atoms. The highest BCUT2D eigenvalue weighted by Gasteiger charge is 2.32. The number of nitrogens with zero attached hydrogens (tertiary/aromatic N) is 6. The molecule has 1 saturated heterocycles. The van der Waals surface area contributed by atoms with Crippen LogP contribution in [0.25, 0.3) is 5.65 Å². The summed E-state index contributed by atoms with van der Waals surface area (Å²) >= 11 is 0. The van der Waals surface area contributed by atoms with Gasteiger partial charge in [0.25, 0.3) is 0 Å². The number of aryl methyl sites for hydroxylation is 1. The Labute approximate surface area is 164 Å². The van der Waals surface area contributed by atoms with Gasteiger partial charge in [-0.2, -0.15) is 17.7 Å². The number of alkyl halides is 3. The third kappa shape index (κ3) is 4.01. The van der Waals surface area contributed by atoms with E-state index in [9.17, 15) is 18.0 Å². The van der Waals surface area contributed by atoms with Crippen LogP contribution < -0.4 is 4.90 Å². The summed E-state index contributed by atoms with van der Waals surface area (Å²) in [6.07, 6.45) is -2.95. The summed E-state index contributed by atoms with van der Waals surface area (Å²) in [5.74, 6) is 0.585. The van der Waals surface area contributed by atoms with E-state index < -0.39 is 11.7 Å². The van der Waals surface area contributed by atoms with Crippen LogP contribution in [0.3, 0.4) is 0 Å². The van der Waals surface area contributed by atoms with Crippen molar-refractivity contribution >= 4 is 17.4 Å². The summed E-state index contributed by atoms with van der Waals surface area (Å²) in [5.41, 5.74) is 0.483. The predicted molar refractivity (Wildman–Crippen MR) is 99.5 cm³/mol. The van der Waals surface area contributed by atoms with Crippen LogP contribution in [0.5, 0.6) is 0 Å². The first kappa shape index (κ1) is 19.2. The van der Waals surface area contributed by atoms with Gasteiger partial charge in [0.1, 0.15) is 12.1 Å². The lowest BCUT2D eigenvalue weighted by Gasteiger charge is -2.35. The fourth-order valence-corrected chi connectivity index (χ4v) is 3.44. The number of carbonyl (C=O) groups excluding carboxylic acids is 1. The fourth-order valence-electron chi connectivity index (χ4n) is 3.44. The molecule has 10 heteroatoms. The number of piperazine rings is 1. The highest BCUT2D eigenvalue weighted by molar-refractivity contribution is 5.79. The molecule has 0 saturated carbocycles. The molecule has 0 atom stereocenters. The number of fused-ring (bicyclic) bond motifs is 1. The van der Waals surface area contributed by atoms with E-state index >= 15 is 0 Å². The SMILES string of the molecule is Cc1ccc(CC(=O)N2CCN(c3ccc4nncn4n3)CC2)cc1C(F)(F)F. The molecular weight excluding hydrogens is 385 g/mol. The van der Waals surface area contributed by atoms with E-state index in [2.05, 4.69) is 20.2 Å². The minimum Gasteiger partial charge on any atom is -0.352 e. The summed E-state index contributed by atoms with van der Waals surface area (Å²) in [7, 11) is 0. The molecule has 1 aliphatic heterocycles. The van der Waals surface area contributed by atoms with Crippen LogP contribution in [0, 0.1) is 6.92 Å². The minimum atomic E-state index is -4.42. The number of hydrogen-bond acceptors (Lipinski definition) is 5. The van der Waals surface area contributed by atoms with Gasteiger partial charge in [0, 0.05) is 26.2 Å². The van der Waals surface area contributed by atoms with Gasteiger partial charge in [0.15, 0.2) is 5.65 Å². The lowest BCUT2D eigenvalue weighted by atomic mass is 10.0. The van der Waals surface area contributed by atoms with Gasteiger partial charge in [0.2, 0.25) is 5.91 Å². The van der Waals surface area contributed by atoms with E-state index in [1.165, 1.54) is 19.3 Å². The standard InChI is InChI=1S/C19H19F3N6O/c1-13-2-3-14(10-15(13)19(20,21)22)11-18(29)27-8-6-26(7-9-27)17-5-4-16-24-23-12-28(16)25-17/h2-5,10,12H,6-9,11H2,1H3. The van der Waals surface area contributed by atoms with Crippen molar-refractivity contribution in [3.8, 4) is 0 Å².